The summed E-state index contributed by atoms with van der Waals surface area (Å²) < 4.78 is 16.2. The van der Waals surface area contributed by atoms with Gasteiger partial charge in [0.1, 0.15) is 5.75 Å². The van der Waals surface area contributed by atoms with Crippen LogP contribution in [0.15, 0.2) is 18.2 Å². The Balaban J connectivity index is 1.63. The van der Waals surface area contributed by atoms with Crippen molar-refractivity contribution in [2.45, 2.75) is 13.0 Å². The van der Waals surface area contributed by atoms with Gasteiger partial charge in [-0.3, -0.25) is 4.79 Å². The van der Waals surface area contributed by atoms with E-state index in [2.05, 4.69) is 5.32 Å². The van der Waals surface area contributed by atoms with Crippen molar-refractivity contribution in [3.63, 3.8) is 0 Å². The van der Waals surface area contributed by atoms with Gasteiger partial charge in [0.15, 0.2) is 17.6 Å². The lowest BCUT2D eigenvalue weighted by molar-refractivity contribution is -0.138. The van der Waals surface area contributed by atoms with Crippen LogP contribution in [0.2, 0.25) is 0 Å². The van der Waals surface area contributed by atoms with E-state index in [4.69, 9.17) is 14.2 Å². The fourth-order valence-electron chi connectivity index (χ4n) is 2.35. The Hall–Kier alpha value is -1.95. The topological polar surface area (TPSA) is 60.0 Å². The second kappa shape index (κ2) is 5.58. The third-order valence-corrected chi connectivity index (χ3v) is 3.43. The number of amides is 1. The van der Waals surface area contributed by atoms with Crippen LogP contribution in [0.5, 0.6) is 17.2 Å². The molecular weight excluding hydrogens is 260 g/mol. The summed E-state index contributed by atoms with van der Waals surface area (Å²) in [5.41, 5.74) is 0. The summed E-state index contributed by atoms with van der Waals surface area (Å²) in [7, 11) is 0. The minimum absolute atomic E-state index is 0.0177. The molecule has 1 amide bonds. The van der Waals surface area contributed by atoms with Crippen molar-refractivity contribution < 1.29 is 19.0 Å². The van der Waals surface area contributed by atoms with Gasteiger partial charge in [-0.25, -0.2) is 0 Å². The molecule has 6 nitrogen and oxygen atoms in total. The molecule has 1 atom stereocenters. The predicted molar refractivity (Wildman–Crippen MR) is 72.1 cm³/mol. The van der Waals surface area contributed by atoms with Gasteiger partial charge in [0.05, 0.1) is 0 Å². The van der Waals surface area contributed by atoms with Gasteiger partial charge < -0.3 is 24.4 Å². The van der Waals surface area contributed by atoms with Crippen molar-refractivity contribution in [2.75, 3.05) is 33.0 Å². The fourth-order valence-corrected chi connectivity index (χ4v) is 2.35. The highest BCUT2D eigenvalue weighted by Gasteiger charge is 2.24. The lowest BCUT2D eigenvalue weighted by atomic mass is 10.2. The number of fused-ring (bicyclic) bond motifs is 1. The predicted octanol–water partition coefficient (Wildman–Crippen LogP) is 0.614. The fraction of sp³-hybridized carbons (Fsp3) is 0.500. The van der Waals surface area contributed by atoms with Gasteiger partial charge in [-0.1, -0.05) is 0 Å². The highest BCUT2D eigenvalue weighted by Crippen LogP contribution is 2.35. The van der Waals surface area contributed by atoms with Gasteiger partial charge in [-0.05, 0) is 19.1 Å². The molecule has 3 rings (SSSR count). The van der Waals surface area contributed by atoms with E-state index in [0.717, 1.165) is 26.2 Å². The first-order valence-corrected chi connectivity index (χ1v) is 6.80. The van der Waals surface area contributed by atoms with Gasteiger partial charge in [-0.15, -0.1) is 0 Å². The average Bonchev–Trinajstić information content (AvgIpc) is 2.95. The summed E-state index contributed by atoms with van der Waals surface area (Å²) >= 11 is 0. The SMILES string of the molecule is CC(Oc1ccc2c(c1)OCO2)C(=O)N1CCNCC1. The number of nitrogens with one attached hydrogen (secondary N) is 1. The van der Waals surface area contributed by atoms with E-state index in [1.54, 1.807) is 25.1 Å². The number of hydrogen-bond acceptors (Lipinski definition) is 5. The Labute approximate surface area is 117 Å². The summed E-state index contributed by atoms with van der Waals surface area (Å²) in [5, 5.41) is 3.22. The zero-order valence-electron chi connectivity index (χ0n) is 11.4. The highest BCUT2D eigenvalue weighted by atomic mass is 16.7. The van der Waals surface area contributed by atoms with Crippen molar-refractivity contribution in [2.24, 2.45) is 0 Å². The van der Waals surface area contributed by atoms with Crippen LogP contribution in [0.25, 0.3) is 0 Å². The van der Waals surface area contributed by atoms with E-state index < -0.39 is 6.10 Å². The van der Waals surface area contributed by atoms with Crippen LogP contribution in [-0.2, 0) is 4.79 Å². The summed E-state index contributed by atoms with van der Waals surface area (Å²) in [5.74, 6) is 2.00. The number of piperazine rings is 1. The molecule has 0 aliphatic carbocycles. The molecule has 1 aromatic carbocycles. The molecule has 0 aromatic heterocycles. The maximum atomic E-state index is 12.3. The number of hydrogen-bond donors (Lipinski definition) is 1. The van der Waals surface area contributed by atoms with E-state index in [0.29, 0.717) is 17.2 Å². The molecule has 0 radical (unpaired) electrons. The van der Waals surface area contributed by atoms with Gasteiger partial charge in [0.25, 0.3) is 5.91 Å². The van der Waals surface area contributed by atoms with Gasteiger partial charge in [-0.2, -0.15) is 0 Å². The second-order valence-corrected chi connectivity index (χ2v) is 4.85. The van der Waals surface area contributed by atoms with E-state index >= 15 is 0 Å². The molecule has 0 bridgehead atoms. The Morgan fingerprint density at radius 3 is 2.85 bits per heavy atom. The van der Waals surface area contributed by atoms with Crippen molar-refractivity contribution in [3.05, 3.63) is 18.2 Å². The van der Waals surface area contributed by atoms with Crippen molar-refractivity contribution >= 4 is 5.91 Å². The number of benzene rings is 1. The monoisotopic (exact) mass is 278 g/mol. The Morgan fingerprint density at radius 2 is 2.05 bits per heavy atom. The first kappa shape index (κ1) is 13.1. The van der Waals surface area contributed by atoms with E-state index in [-0.39, 0.29) is 12.7 Å². The molecule has 1 N–H and O–H groups in total. The van der Waals surface area contributed by atoms with Crippen LogP contribution in [0, 0.1) is 0 Å². The van der Waals surface area contributed by atoms with Crippen LogP contribution >= 0.6 is 0 Å². The molecule has 1 saturated heterocycles. The molecule has 2 heterocycles. The smallest absolute Gasteiger partial charge is 0.263 e. The molecule has 6 heteroatoms. The molecule has 2 aliphatic rings. The number of carbonyl (C=O) groups excluding carboxylic acids is 1. The third-order valence-electron chi connectivity index (χ3n) is 3.43. The zero-order valence-corrected chi connectivity index (χ0v) is 11.4. The maximum absolute atomic E-state index is 12.3. The molecule has 20 heavy (non-hydrogen) atoms. The minimum atomic E-state index is -0.506. The number of carbonyl (C=O) groups is 1. The molecule has 1 aromatic rings. The molecule has 1 fully saturated rings. The van der Waals surface area contributed by atoms with E-state index in [9.17, 15) is 4.79 Å². The highest BCUT2D eigenvalue weighted by molar-refractivity contribution is 5.81. The Morgan fingerprint density at radius 1 is 1.30 bits per heavy atom. The summed E-state index contributed by atoms with van der Waals surface area (Å²) in [6, 6.07) is 5.33. The van der Waals surface area contributed by atoms with Crippen molar-refractivity contribution in [3.8, 4) is 17.2 Å². The maximum Gasteiger partial charge on any atom is 0.263 e. The Kier molecular flexibility index (Phi) is 3.64. The molecule has 2 aliphatic heterocycles. The largest absolute Gasteiger partial charge is 0.481 e. The average molecular weight is 278 g/mol. The zero-order chi connectivity index (χ0) is 13.9. The number of nitrogens with zero attached hydrogens (tertiary/aromatic N) is 1. The van der Waals surface area contributed by atoms with Gasteiger partial charge >= 0.3 is 0 Å². The van der Waals surface area contributed by atoms with E-state index in [1.807, 2.05) is 4.90 Å². The third kappa shape index (κ3) is 2.65. The van der Waals surface area contributed by atoms with Crippen LogP contribution in [0.3, 0.4) is 0 Å². The van der Waals surface area contributed by atoms with Gasteiger partial charge in [0.2, 0.25) is 6.79 Å². The van der Waals surface area contributed by atoms with E-state index in [1.165, 1.54) is 0 Å². The molecule has 108 valence electrons. The van der Waals surface area contributed by atoms with Crippen molar-refractivity contribution in [1.29, 1.82) is 0 Å². The minimum Gasteiger partial charge on any atom is -0.481 e. The lowest BCUT2D eigenvalue weighted by Crippen LogP contribution is -2.50. The normalized spacial score (nSPS) is 18.8. The quantitative estimate of drug-likeness (QED) is 0.878. The molecular formula is C14H18N2O4. The standard InChI is InChI=1S/C14H18N2O4/c1-10(14(17)16-6-4-15-5-7-16)20-11-2-3-12-13(8-11)19-9-18-12/h2-3,8,10,15H,4-7,9H2,1H3. The van der Waals surface area contributed by atoms with Crippen LogP contribution in [-0.4, -0.2) is 49.9 Å². The first-order valence-electron chi connectivity index (χ1n) is 6.80. The summed E-state index contributed by atoms with van der Waals surface area (Å²) in [4.78, 5) is 14.1. The van der Waals surface area contributed by atoms with Crippen LogP contribution < -0.4 is 19.5 Å². The van der Waals surface area contributed by atoms with Gasteiger partial charge in [0, 0.05) is 32.2 Å². The van der Waals surface area contributed by atoms with Crippen LogP contribution in [0.1, 0.15) is 6.92 Å². The first-order chi connectivity index (χ1) is 9.74. The lowest BCUT2D eigenvalue weighted by Gasteiger charge is -2.29. The second-order valence-electron chi connectivity index (χ2n) is 4.85. The number of ether oxygens (including phenoxy) is 3. The van der Waals surface area contributed by atoms with Crippen LogP contribution in [0.4, 0.5) is 0 Å². The summed E-state index contributed by atoms with van der Waals surface area (Å²) in [6.45, 7) is 5.13. The van der Waals surface area contributed by atoms with Crippen molar-refractivity contribution in [1.82, 2.24) is 10.2 Å². The Bertz CT molecular complexity index is 500. The molecule has 0 saturated carbocycles. The molecule has 0 spiro atoms. The number of rotatable bonds is 3. The summed E-state index contributed by atoms with van der Waals surface area (Å²) in [6.07, 6.45) is -0.506. The molecule has 1 unspecified atom stereocenters.